The normalized spacial score (nSPS) is 10.5. The maximum Gasteiger partial charge on any atom is 0.138 e. The maximum atomic E-state index is 6.17. The quantitative estimate of drug-likeness (QED) is 0.836. The van der Waals surface area contributed by atoms with Gasteiger partial charge in [-0.2, -0.15) is 0 Å². The predicted octanol–water partition coefficient (Wildman–Crippen LogP) is 4.64. The van der Waals surface area contributed by atoms with Crippen LogP contribution in [0.5, 0.6) is 5.75 Å². The van der Waals surface area contributed by atoms with Gasteiger partial charge in [0.05, 0.1) is 24.4 Å². The first-order valence-electron chi connectivity index (χ1n) is 6.40. The third-order valence-electron chi connectivity index (χ3n) is 2.81. The average molecular weight is 280 g/mol. The van der Waals surface area contributed by atoms with Crippen LogP contribution in [0.2, 0.25) is 5.02 Å². The zero-order chi connectivity index (χ0) is 13.7. The Morgan fingerprint density at radius 3 is 2.79 bits per heavy atom. The second kappa shape index (κ2) is 6.53. The summed E-state index contributed by atoms with van der Waals surface area (Å²) in [6.45, 7) is 5.41. The molecule has 2 aromatic rings. The average Bonchev–Trinajstić information content (AvgIpc) is 2.81. The Labute approximate surface area is 118 Å². The van der Waals surface area contributed by atoms with Crippen molar-refractivity contribution in [2.24, 2.45) is 0 Å². The number of halogens is 1. The van der Waals surface area contributed by atoms with Crippen LogP contribution in [-0.4, -0.2) is 6.61 Å². The molecule has 0 aliphatic carbocycles. The topological polar surface area (TPSA) is 34.4 Å². The van der Waals surface area contributed by atoms with Crippen molar-refractivity contribution >= 4 is 17.3 Å². The Morgan fingerprint density at radius 1 is 1.32 bits per heavy atom. The Kier molecular flexibility index (Phi) is 4.74. The molecule has 1 aromatic heterocycles. The van der Waals surface area contributed by atoms with Gasteiger partial charge in [0, 0.05) is 5.69 Å². The molecule has 0 aliphatic rings. The number of rotatable bonds is 6. The van der Waals surface area contributed by atoms with Gasteiger partial charge in [-0.1, -0.05) is 18.5 Å². The molecule has 0 amide bonds. The fourth-order valence-corrected chi connectivity index (χ4v) is 1.94. The molecule has 19 heavy (non-hydrogen) atoms. The van der Waals surface area contributed by atoms with E-state index in [1.807, 2.05) is 31.2 Å². The maximum absolute atomic E-state index is 6.17. The van der Waals surface area contributed by atoms with E-state index in [0.717, 1.165) is 29.2 Å². The van der Waals surface area contributed by atoms with Crippen molar-refractivity contribution in [2.75, 3.05) is 11.9 Å². The van der Waals surface area contributed by atoms with E-state index in [1.165, 1.54) is 0 Å². The van der Waals surface area contributed by atoms with Crippen molar-refractivity contribution in [3.8, 4) is 5.75 Å². The molecular weight excluding hydrogens is 262 g/mol. The van der Waals surface area contributed by atoms with Crippen molar-refractivity contribution < 1.29 is 9.15 Å². The molecule has 4 heteroatoms. The molecule has 0 spiro atoms. The van der Waals surface area contributed by atoms with Gasteiger partial charge in [-0.05, 0) is 43.2 Å². The molecule has 1 heterocycles. The van der Waals surface area contributed by atoms with Gasteiger partial charge in [0.25, 0.3) is 0 Å². The number of benzene rings is 1. The summed E-state index contributed by atoms with van der Waals surface area (Å²) in [6.07, 6.45) is 2.66. The first-order chi connectivity index (χ1) is 9.20. The number of aryl methyl sites for hydroxylation is 1. The van der Waals surface area contributed by atoms with Gasteiger partial charge in [0.1, 0.15) is 11.5 Å². The number of ether oxygens (including phenoxy) is 1. The van der Waals surface area contributed by atoms with E-state index in [0.29, 0.717) is 18.2 Å². The van der Waals surface area contributed by atoms with E-state index in [9.17, 15) is 0 Å². The Hall–Kier alpha value is -1.61. The Balaban J connectivity index is 1.98. The van der Waals surface area contributed by atoms with Crippen LogP contribution in [0.4, 0.5) is 5.69 Å². The first kappa shape index (κ1) is 13.8. The summed E-state index contributed by atoms with van der Waals surface area (Å²) >= 11 is 6.17. The summed E-state index contributed by atoms with van der Waals surface area (Å²) in [4.78, 5) is 0. The second-order valence-corrected chi connectivity index (χ2v) is 4.78. The highest BCUT2D eigenvalue weighted by molar-refractivity contribution is 6.32. The standard InChI is InChI=1S/C15H18ClNO2/c1-3-7-18-14-5-4-12(9-13(14)16)17-10-15-11(2)6-8-19-15/h4-6,8-9,17H,3,7,10H2,1-2H3. The minimum Gasteiger partial charge on any atom is -0.492 e. The van der Waals surface area contributed by atoms with Gasteiger partial charge in [-0.3, -0.25) is 0 Å². The third kappa shape index (κ3) is 3.67. The summed E-state index contributed by atoms with van der Waals surface area (Å²) in [5.41, 5.74) is 2.09. The monoisotopic (exact) mass is 279 g/mol. The largest absolute Gasteiger partial charge is 0.492 e. The molecule has 0 aliphatic heterocycles. The summed E-state index contributed by atoms with van der Waals surface area (Å²) in [5, 5.41) is 3.90. The van der Waals surface area contributed by atoms with Crippen molar-refractivity contribution in [3.05, 3.63) is 46.9 Å². The van der Waals surface area contributed by atoms with Crippen LogP contribution in [0.15, 0.2) is 34.9 Å². The minimum absolute atomic E-state index is 0.620. The van der Waals surface area contributed by atoms with E-state index in [2.05, 4.69) is 12.2 Å². The van der Waals surface area contributed by atoms with E-state index in [-0.39, 0.29) is 0 Å². The number of nitrogens with one attached hydrogen (secondary N) is 1. The van der Waals surface area contributed by atoms with Crippen molar-refractivity contribution in [3.63, 3.8) is 0 Å². The highest BCUT2D eigenvalue weighted by atomic mass is 35.5. The molecule has 0 atom stereocenters. The van der Waals surface area contributed by atoms with E-state index >= 15 is 0 Å². The zero-order valence-corrected chi connectivity index (χ0v) is 12.0. The minimum atomic E-state index is 0.620. The van der Waals surface area contributed by atoms with Crippen LogP contribution in [0, 0.1) is 6.92 Å². The Morgan fingerprint density at radius 2 is 2.16 bits per heavy atom. The highest BCUT2D eigenvalue weighted by Crippen LogP contribution is 2.28. The molecule has 0 saturated heterocycles. The highest BCUT2D eigenvalue weighted by Gasteiger charge is 2.05. The van der Waals surface area contributed by atoms with E-state index in [4.69, 9.17) is 20.8 Å². The van der Waals surface area contributed by atoms with Gasteiger partial charge in [-0.25, -0.2) is 0 Å². The first-order valence-corrected chi connectivity index (χ1v) is 6.77. The lowest BCUT2D eigenvalue weighted by atomic mass is 10.2. The zero-order valence-electron chi connectivity index (χ0n) is 11.2. The van der Waals surface area contributed by atoms with Gasteiger partial charge in [0.15, 0.2) is 0 Å². The molecule has 1 aromatic carbocycles. The van der Waals surface area contributed by atoms with Crippen LogP contribution in [0.25, 0.3) is 0 Å². The van der Waals surface area contributed by atoms with Gasteiger partial charge in [-0.15, -0.1) is 0 Å². The fourth-order valence-electron chi connectivity index (χ4n) is 1.71. The predicted molar refractivity (Wildman–Crippen MR) is 78.0 cm³/mol. The van der Waals surface area contributed by atoms with Gasteiger partial charge >= 0.3 is 0 Å². The number of hydrogen-bond donors (Lipinski definition) is 1. The summed E-state index contributed by atoms with van der Waals surface area (Å²) < 4.78 is 10.9. The van der Waals surface area contributed by atoms with E-state index < -0.39 is 0 Å². The molecule has 102 valence electrons. The lowest BCUT2D eigenvalue weighted by molar-refractivity contribution is 0.317. The molecule has 0 bridgehead atoms. The van der Waals surface area contributed by atoms with Crippen LogP contribution < -0.4 is 10.1 Å². The van der Waals surface area contributed by atoms with Crippen LogP contribution in [0.3, 0.4) is 0 Å². The number of furan rings is 1. The smallest absolute Gasteiger partial charge is 0.138 e. The number of hydrogen-bond acceptors (Lipinski definition) is 3. The van der Waals surface area contributed by atoms with Gasteiger partial charge < -0.3 is 14.5 Å². The lowest BCUT2D eigenvalue weighted by Crippen LogP contribution is -2.00. The van der Waals surface area contributed by atoms with Crippen molar-refractivity contribution in [1.82, 2.24) is 0 Å². The van der Waals surface area contributed by atoms with Crippen molar-refractivity contribution in [2.45, 2.75) is 26.8 Å². The summed E-state index contributed by atoms with van der Waals surface area (Å²) in [7, 11) is 0. The molecule has 2 rings (SSSR count). The molecule has 0 radical (unpaired) electrons. The van der Waals surface area contributed by atoms with Crippen LogP contribution in [0.1, 0.15) is 24.7 Å². The van der Waals surface area contributed by atoms with Gasteiger partial charge in [0.2, 0.25) is 0 Å². The van der Waals surface area contributed by atoms with Crippen LogP contribution in [-0.2, 0) is 6.54 Å². The van der Waals surface area contributed by atoms with Crippen LogP contribution >= 0.6 is 11.6 Å². The molecular formula is C15H18ClNO2. The second-order valence-electron chi connectivity index (χ2n) is 4.37. The molecule has 0 saturated carbocycles. The molecule has 0 fully saturated rings. The number of anilines is 1. The fraction of sp³-hybridized carbons (Fsp3) is 0.333. The van der Waals surface area contributed by atoms with Crippen molar-refractivity contribution in [1.29, 1.82) is 0 Å². The molecule has 0 unspecified atom stereocenters. The Bertz CT molecular complexity index is 537. The van der Waals surface area contributed by atoms with E-state index in [1.54, 1.807) is 6.26 Å². The molecule has 1 N–H and O–H groups in total. The summed E-state index contributed by atoms with van der Waals surface area (Å²) in [5.74, 6) is 1.66. The lowest BCUT2D eigenvalue weighted by Gasteiger charge is -2.10. The third-order valence-corrected chi connectivity index (χ3v) is 3.11. The SMILES string of the molecule is CCCOc1ccc(NCc2occc2C)cc1Cl. The molecule has 3 nitrogen and oxygen atoms in total. The summed E-state index contributed by atoms with van der Waals surface area (Å²) in [6, 6.07) is 7.65.